The van der Waals surface area contributed by atoms with E-state index < -0.39 is 21.1 Å². The van der Waals surface area contributed by atoms with Crippen LogP contribution in [0.1, 0.15) is 67.2 Å². The molecule has 7 nitrogen and oxygen atoms in total. The van der Waals surface area contributed by atoms with Gasteiger partial charge in [-0.05, 0) is 48.0 Å². The Hall–Kier alpha value is -0.420. The lowest BCUT2D eigenvalue weighted by Gasteiger charge is -2.56. The van der Waals surface area contributed by atoms with E-state index in [9.17, 15) is 14.0 Å². The molecule has 0 amide bonds. The lowest BCUT2D eigenvalue weighted by molar-refractivity contribution is -0.0107. The number of phosphoric ester groups is 1. The molecule has 1 unspecified atom stereocenters. The monoisotopic (exact) mass is 450 g/mol. The van der Waals surface area contributed by atoms with Crippen LogP contribution in [0.3, 0.4) is 0 Å². The zero-order valence-corrected chi connectivity index (χ0v) is 20.0. The molecule has 0 saturated carbocycles. The summed E-state index contributed by atoms with van der Waals surface area (Å²) in [4.78, 5) is 28.0. The predicted octanol–water partition coefficient (Wildman–Crippen LogP) is 5.80. The Labute approximate surface area is 174 Å². The van der Waals surface area contributed by atoms with Gasteiger partial charge in [0, 0.05) is 5.41 Å². The SMILES string of the molecule is CC[C@@H](C)CC[C@H]1[C@@H](C)C=C[C@H]2C(C)(C)CC=C(OP(=O)(O)OP(=O)(O)O)[C@]12C. The van der Waals surface area contributed by atoms with Gasteiger partial charge in [0.05, 0.1) is 0 Å². The van der Waals surface area contributed by atoms with E-state index in [2.05, 4.69) is 51.1 Å². The van der Waals surface area contributed by atoms with Gasteiger partial charge in [0.15, 0.2) is 0 Å². The number of rotatable bonds is 8. The number of fused-ring (bicyclic) bond motifs is 1. The first-order valence-electron chi connectivity index (χ1n) is 10.3. The second kappa shape index (κ2) is 8.61. The van der Waals surface area contributed by atoms with Crippen LogP contribution in [0.5, 0.6) is 0 Å². The predicted molar refractivity (Wildman–Crippen MR) is 113 cm³/mol. The van der Waals surface area contributed by atoms with Crippen LogP contribution in [0.15, 0.2) is 24.0 Å². The summed E-state index contributed by atoms with van der Waals surface area (Å²) in [6, 6.07) is 0. The molecule has 0 spiro atoms. The van der Waals surface area contributed by atoms with Crippen LogP contribution in [0.25, 0.3) is 0 Å². The fourth-order valence-electron chi connectivity index (χ4n) is 5.15. The quantitative estimate of drug-likeness (QED) is 0.316. The molecule has 0 saturated heterocycles. The Morgan fingerprint density at radius 2 is 1.83 bits per heavy atom. The number of allylic oxidation sites excluding steroid dienone is 4. The minimum absolute atomic E-state index is 0.0585. The average molecular weight is 450 g/mol. The van der Waals surface area contributed by atoms with E-state index >= 15 is 0 Å². The van der Waals surface area contributed by atoms with E-state index in [1.807, 2.05) is 6.92 Å². The van der Waals surface area contributed by atoms with Crippen molar-refractivity contribution in [1.29, 1.82) is 0 Å². The molecule has 0 fully saturated rings. The van der Waals surface area contributed by atoms with Crippen LogP contribution in [-0.4, -0.2) is 14.7 Å². The van der Waals surface area contributed by atoms with Crippen molar-refractivity contribution in [3.05, 3.63) is 24.0 Å². The van der Waals surface area contributed by atoms with Crippen molar-refractivity contribution in [2.75, 3.05) is 0 Å². The fraction of sp³-hybridized carbons (Fsp3) is 0.800. The number of hydrogen-bond donors (Lipinski definition) is 3. The Morgan fingerprint density at radius 1 is 1.21 bits per heavy atom. The second-order valence-corrected chi connectivity index (χ2v) is 12.3. The smallest absolute Gasteiger partial charge is 0.408 e. The molecule has 0 bridgehead atoms. The minimum atomic E-state index is -5.18. The third-order valence-electron chi connectivity index (χ3n) is 6.94. The van der Waals surface area contributed by atoms with E-state index in [1.54, 1.807) is 6.08 Å². The third-order valence-corrected chi connectivity index (χ3v) is 9.04. The maximum absolute atomic E-state index is 12.3. The highest BCUT2D eigenvalue weighted by atomic mass is 31.3. The van der Waals surface area contributed by atoms with Gasteiger partial charge in [0.1, 0.15) is 5.76 Å². The van der Waals surface area contributed by atoms with Crippen molar-refractivity contribution in [3.8, 4) is 0 Å². The molecule has 3 N–H and O–H groups in total. The molecule has 0 heterocycles. The molecule has 0 aromatic rings. The van der Waals surface area contributed by atoms with Gasteiger partial charge in [0.25, 0.3) is 0 Å². The number of phosphoric acid groups is 2. The summed E-state index contributed by atoms with van der Waals surface area (Å²) in [7, 11) is -10.2. The van der Waals surface area contributed by atoms with Crippen LogP contribution < -0.4 is 0 Å². The van der Waals surface area contributed by atoms with Gasteiger partial charge in [-0.15, -0.1) is 0 Å². The van der Waals surface area contributed by atoms with E-state index in [0.717, 1.165) is 19.3 Å². The second-order valence-electron chi connectivity index (χ2n) is 9.59. The lowest BCUT2D eigenvalue weighted by atomic mass is 9.49. The lowest BCUT2D eigenvalue weighted by Crippen LogP contribution is -2.50. The summed E-state index contributed by atoms with van der Waals surface area (Å²) < 4.78 is 32.9. The Morgan fingerprint density at radius 3 is 2.38 bits per heavy atom. The molecule has 0 radical (unpaired) electrons. The standard InChI is InChI=1S/C20H36O7P2/c1-7-14(2)8-10-16-15(3)9-11-17-19(4,5)13-12-18(20(16,17)6)26-29(24,25)27-28(21,22)23/h9,11-12,14-17H,7-8,10,13H2,1-6H3,(H,24,25)(H2,21,22,23)/t14-,15+,16+,17+,20-/m1/s1. The van der Waals surface area contributed by atoms with Gasteiger partial charge < -0.3 is 14.3 Å². The molecule has 2 aliphatic carbocycles. The third kappa shape index (κ3) is 5.64. The molecular weight excluding hydrogens is 414 g/mol. The molecule has 168 valence electrons. The molecule has 29 heavy (non-hydrogen) atoms. The van der Waals surface area contributed by atoms with E-state index in [1.165, 1.54) is 0 Å². The van der Waals surface area contributed by atoms with Crippen LogP contribution in [0.4, 0.5) is 0 Å². The fourth-order valence-corrected chi connectivity index (χ4v) is 6.88. The van der Waals surface area contributed by atoms with Gasteiger partial charge >= 0.3 is 15.6 Å². The highest BCUT2D eigenvalue weighted by Crippen LogP contribution is 2.66. The topological polar surface area (TPSA) is 113 Å². The van der Waals surface area contributed by atoms with E-state index in [4.69, 9.17) is 14.3 Å². The highest BCUT2D eigenvalue weighted by Gasteiger charge is 2.56. The minimum Gasteiger partial charge on any atom is -0.408 e. The van der Waals surface area contributed by atoms with Crippen molar-refractivity contribution in [3.63, 3.8) is 0 Å². The molecule has 0 aliphatic heterocycles. The zero-order chi connectivity index (χ0) is 22.3. The van der Waals surface area contributed by atoms with Crippen molar-refractivity contribution < 1.29 is 32.6 Å². The van der Waals surface area contributed by atoms with Crippen LogP contribution in [-0.2, 0) is 18.0 Å². The van der Waals surface area contributed by atoms with Crippen molar-refractivity contribution >= 4 is 15.6 Å². The summed E-state index contributed by atoms with van der Waals surface area (Å²) in [5, 5.41) is 0. The highest BCUT2D eigenvalue weighted by molar-refractivity contribution is 7.60. The van der Waals surface area contributed by atoms with Crippen LogP contribution in [0.2, 0.25) is 0 Å². The van der Waals surface area contributed by atoms with Gasteiger partial charge in [-0.1, -0.05) is 66.5 Å². The van der Waals surface area contributed by atoms with Gasteiger partial charge in [0.2, 0.25) is 0 Å². The molecule has 2 rings (SSSR count). The molecular formula is C20H36O7P2. The molecule has 2 aliphatic rings. The summed E-state index contributed by atoms with van der Waals surface area (Å²) >= 11 is 0. The van der Waals surface area contributed by atoms with Crippen molar-refractivity contribution in [2.45, 2.75) is 67.2 Å². The van der Waals surface area contributed by atoms with Crippen molar-refractivity contribution in [2.24, 2.45) is 34.5 Å². The summed E-state index contributed by atoms with van der Waals surface area (Å²) in [6.07, 6.45) is 9.87. The maximum atomic E-state index is 12.3. The summed E-state index contributed by atoms with van der Waals surface area (Å²) in [6.45, 7) is 12.9. The summed E-state index contributed by atoms with van der Waals surface area (Å²) in [5.74, 6) is 1.33. The zero-order valence-electron chi connectivity index (χ0n) is 18.2. The van der Waals surface area contributed by atoms with Gasteiger partial charge in [-0.2, -0.15) is 4.31 Å². The average Bonchev–Trinajstić information content (AvgIpc) is 2.54. The largest absolute Gasteiger partial charge is 0.536 e. The first kappa shape index (κ1) is 24.8. The van der Waals surface area contributed by atoms with Crippen LogP contribution >= 0.6 is 15.6 Å². The van der Waals surface area contributed by atoms with Crippen molar-refractivity contribution in [1.82, 2.24) is 0 Å². The number of hydrogen-bond acceptors (Lipinski definition) is 4. The first-order chi connectivity index (χ1) is 13.1. The Bertz CT molecular complexity index is 754. The van der Waals surface area contributed by atoms with E-state index in [0.29, 0.717) is 18.1 Å². The van der Waals surface area contributed by atoms with Crippen LogP contribution in [0, 0.1) is 34.5 Å². The Balaban J connectivity index is 2.45. The molecule has 6 atom stereocenters. The Kier molecular flexibility index (Phi) is 7.37. The maximum Gasteiger partial charge on any atom is 0.536 e. The van der Waals surface area contributed by atoms with Gasteiger partial charge in [-0.25, -0.2) is 9.13 Å². The molecule has 9 heteroatoms. The molecule has 0 aromatic heterocycles. The normalized spacial score (nSPS) is 34.7. The van der Waals surface area contributed by atoms with Gasteiger partial charge in [-0.3, -0.25) is 4.89 Å². The first-order valence-corrected chi connectivity index (χ1v) is 13.3. The summed E-state index contributed by atoms with van der Waals surface area (Å²) in [5.41, 5.74) is -0.670. The van der Waals surface area contributed by atoms with E-state index in [-0.39, 0.29) is 23.2 Å². The molecule has 0 aromatic carbocycles.